The zero-order valence-electron chi connectivity index (χ0n) is 9.13. The van der Waals surface area contributed by atoms with Gasteiger partial charge in [0.2, 0.25) is 0 Å². The van der Waals surface area contributed by atoms with E-state index in [1.165, 1.54) is 24.8 Å². The predicted octanol–water partition coefficient (Wildman–Crippen LogP) is 3.06. The molecule has 78 valence electrons. The van der Waals surface area contributed by atoms with E-state index in [0.717, 1.165) is 6.54 Å². The quantitative estimate of drug-likeness (QED) is 0.482. The van der Waals surface area contributed by atoms with Gasteiger partial charge in [0.1, 0.15) is 0 Å². The summed E-state index contributed by atoms with van der Waals surface area (Å²) < 4.78 is 0. The van der Waals surface area contributed by atoms with Crippen LogP contribution in [0, 0.1) is 5.92 Å². The van der Waals surface area contributed by atoms with Gasteiger partial charge in [0.05, 0.1) is 0 Å². The fourth-order valence-corrected chi connectivity index (χ4v) is 1.73. The Kier molecular flexibility index (Phi) is 4.68. The molecule has 0 aliphatic heterocycles. The third-order valence-corrected chi connectivity index (χ3v) is 2.70. The van der Waals surface area contributed by atoms with E-state index in [0.29, 0.717) is 12.0 Å². The highest BCUT2D eigenvalue weighted by atomic mass is 15.0. The first kappa shape index (κ1) is 11.3. The minimum Gasteiger partial charge on any atom is -0.313 e. The van der Waals surface area contributed by atoms with Crippen molar-refractivity contribution in [3.8, 4) is 0 Å². The number of nitrogens with one attached hydrogen (secondary N) is 1. The second-order valence-corrected chi connectivity index (χ2v) is 3.86. The number of unbranched alkanes of at least 4 members (excludes halogenated alkanes) is 1. The molecule has 0 spiro atoms. The Labute approximate surface area is 87.6 Å². The molecule has 2 atom stereocenters. The van der Waals surface area contributed by atoms with Crippen LogP contribution in [-0.2, 0) is 0 Å². The lowest BCUT2D eigenvalue weighted by atomic mass is 10.1. The van der Waals surface area contributed by atoms with Crippen molar-refractivity contribution in [3.05, 3.63) is 37.0 Å². The molecule has 0 aromatic rings. The molecule has 0 aromatic heterocycles. The van der Waals surface area contributed by atoms with Crippen LogP contribution in [-0.4, -0.2) is 12.6 Å². The molecule has 0 saturated heterocycles. The Morgan fingerprint density at radius 2 is 2.29 bits per heavy atom. The normalized spacial score (nSPS) is 25.9. The molecule has 0 heterocycles. The van der Waals surface area contributed by atoms with E-state index >= 15 is 0 Å². The predicted molar refractivity (Wildman–Crippen MR) is 63.3 cm³/mol. The van der Waals surface area contributed by atoms with Crippen LogP contribution in [0.4, 0.5) is 0 Å². The summed E-state index contributed by atoms with van der Waals surface area (Å²) in [5, 5.41) is 3.56. The van der Waals surface area contributed by atoms with Gasteiger partial charge in [0.15, 0.2) is 0 Å². The molecule has 1 nitrogen and oxygen atoms in total. The summed E-state index contributed by atoms with van der Waals surface area (Å²) in [6.07, 6.45) is 9.67. The molecular weight excluding hydrogens is 170 g/mol. The SMILES string of the molecule is C=C/C=C(\C=C)C1CC1NCCCC. The van der Waals surface area contributed by atoms with Gasteiger partial charge >= 0.3 is 0 Å². The third-order valence-electron chi connectivity index (χ3n) is 2.70. The maximum absolute atomic E-state index is 3.83. The number of hydrogen-bond acceptors (Lipinski definition) is 1. The van der Waals surface area contributed by atoms with Crippen LogP contribution in [0.3, 0.4) is 0 Å². The van der Waals surface area contributed by atoms with Gasteiger partial charge in [-0.1, -0.05) is 44.7 Å². The van der Waals surface area contributed by atoms with Gasteiger partial charge < -0.3 is 5.32 Å². The van der Waals surface area contributed by atoms with Crippen molar-refractivity contribution in [2.24, 2.45) is 5.92 Å². The fraction of sp³-hybridized carbons (Fsp3) is 0.538. The van der Waals surface area contributed by atoms with Crippen molar-refractivity contribution in [2.75, 3.05) is 6.54 Å². The maximum atomic E-state index is 3.83. The van der Waals surface area contributed by atoms with E-state index in [1.54, 1.807) is 0 Å². The van der Waals surface area contributed by atoms with Gasteiger partial charge in [-0.15, -0.1) is 0 Å². The summed E-state index contributed by atoms with van der Waals surface area (Å²) in [6, 6.07) is 0.686. The smallest absolute Gasteiger partial charge is 0.0143 e. The zero-order valence-corrected chi connectivity index (χ0v) is 9.13. The molecule has 1 N–H and O–H groups in total. The summed E-state index contributed by atoms with van der Waals surface area (Å²) >= 11 is 0. The number of rotatable bonds is 7. The van der Waals surface area contributed by atoms with Crippen LogP contribution in [0.5, 0.6) is 0 Å². The number of allylic oxidation sites excluding steroid dienone is 3. The molecule has 1 aliphatic carbocycles. The van der Waals surface area contributed by atoms with Gasteiger partial charge in [-0.2, -0.15) is 0 Å². The first-order valence-electron chi connectivity index (χ1n) is 5.52. The van der Waals surface area contributed by atoms with Crippen LogP contribution in [0.2, 0.25) is 0 Å². The Morgan fingerprint density at radius 1 is 1.50 bits per heavy atom. The van der Waals surface area contributed by atoms with Crippen LogP contribution >= 0.6 is 0 Å². The topological polar surface area (TPSA) is 12.0 Å². The van der Waals surface area contributed by atoms with Crippen LogP contribution < -0.4 is 5.32 Å². The average molecular weight is 191 g/mol. The van der Waals surface area contributed by atoms with Crippen molar-refractivity contribution in [1.82, 2.24) is 5.32 Å². The lowest BCUT2D eigenvalue weighted by Crippen LogP contribution is -2.19. The van der Waals surface area contributed by atoms with E-state index in [2.05, 4.69) is 31.5 Å². The van der Waals surface area contributed by atoms with Crippen molar-refractivity contribution in [1.29, 1.82) is 0 Å². The summed E-state index contributed by atoms with van der Waals surface area (Å²) in [5.41, 5.74) is 1.33. The summed E-state index contributed by atoms with van der Waals surface area (Å²) in [7, 11) is 0. The lowest BCUT2D eigenvalue weighted by Gasteiger charge is -2.03. The Bertz CT molecular complexity index is 227. The summed E-state index contributed by atoms with van der Waals surface area (Å²) in [4.78, 5) is 0. The minimum atomic E-state index is 0.683. The monoisotopic (exact) mass is 191 g/mol. The largest absolute Gasteiger partial charge is 0.313 e. The van der Waals surface area contributed by atoms with Crippen molar-refractivity contribution < 1.29 is 0 Å². The summed E-state index contributed by atoms with van der Waals surface area (Å²) in [5.74, 6) is 0.683. The zero-order chi connectivity index (χ0) is 10.4. The highest BCUT2D eigenvalue weighted by molar-refractivity contribution is 5.30. The molecule has 1 saturated carbocycles. The molecule has 1 heteroatoms. The molecule has 0 bridgehead atoms. The minimum absolute atomic E-state index is 0.683. The Balaban J connectivity index is 2.26. The van der Waals surface area contributed by atoms with Crippen LogP contribution in [0.1, 0.15) is 26.2 Å². The lowest BCUT2D eigenvalue weighted by molar-refractivity contribution is 0.621. The Morgan fingerprint density at radius 3 is 2.86 bits per heavy atom. The van der Waals surface area contributed by atoms with Crippen LogP contribution in [0.15, 0.2) is 37.0 Å². The third kappa shape index (κ3) is 3.15. The van der Waals surface area contributed by atoms with E-state index in [1.807, 2.05) is 12.2 Å². The molecule has 1 aliphatic rings. The summed E-state index contributed by atoms with van der Waals surface area (Å²) in [6.45, 7) is 10.9. The van der Waals surface area contributed by atoms with E-state index in [-0.39, 0.29) is 0 Å². The van der Waals surface area contributed by atoms with Gasteiger partial charge in [-0.05, 0) is 25.0 Å². The molecule has 0 radical (unpaired) electrons. The molecule has 0 amide bonds. The van der Waals surface area contributed by atoms with Crippen molar-refractivity contribution in [3.63, 3.8) is 0 Å². The molecule has 14 heavy (non-hydrogen) atoms. The highest BCUT2D eigenvalue weighted by Gasteiger charge is 2.37. The average Bonchev–Trinajstić information content (AvgIpc) is 2.94. The maximum Gasteiger partial charge on any atom is 0.0143 e. The van der Waals surface area contributed by atoms with Gasteiger partial charge in [-0.3, -0.25) is 0 Å². The van der Waals surface area contributed by atoms with Crippen molar-refractivity contribution >= 4 is 0 Å². The molecular formula is C13H21N. The van der Waals surface area contributed by atoms with E-state index < -0.39 is 0 Å². The molecule has 2 unspecified atom stereocenters. The van der Waals surface area contributed by atoms with Crippen molar-refractivity contribution in [2.45, 2.75) is 32.2 Å². The molecule has 1 rings (SSSR count). The van der Waals surface area contributed by atoms with Crippen LogP contribution in [0.25, 0.3) is 0 Å². The van der Waals surface area contributed by atoms with Gasteiger partial charge in [-0.25, -0.2) is 0 Å². The van der Waals surface area contributed by atoms with E-state index in [4.69, 9.17) is 0 Å². The molecule has 1 fully saturated rings. The second-order valence-electron chi connectivity index (χ2n) is 3.86. The van der Waals surface area contributed by atoms with Gasteiger partial charge in [0, 0.05) is 12.0 Å². The highest BCUT2D eigenvalue weighted by Crippen LogP contribution is 2.37. The standard InChI is InChI=1S/C13H21N/c1-4-7-9-14-13-10-12(13)11(6-3)8-5-2/h5-6,8,12-14H,2-4,7,9-10H2,1H3/b11-8+. The first-order valence-corrected chi connectivity index (χ1v) is 5.52. The van der Waals surface area contributed by atoms with E-state index in [9.17, 15) is 0 Å². The molecule has 0 aromatic carbocycles. The fourth-order valence-electron chi connectivity index (χ4n) is 1.73. The van der Waals surface area contributed by atoms with Gasteiger partial charge in [0.25, 0.3) is 0 Å². The Hall–Kier alpha value is -0.820. The second kappa shape index (κ2) is 5.82. The first-order chi connectivity index (χ1) is 6.83. The number of hydrogen-bond donors (Lipinski definition) is 1.